The fraction of sp³-hybridized carbons (Fsp3) is 0.583. The van der Waals surface area contributed by atoms with E-state index in [4.69, 9.17) is 0 Å². The third-order valence-electron chi connectivity index (χ3n) is 2.56. The van der Waals surface area contributed by atoms with Gasteiger partial charge in [-0.2, -0.15) is 0 Å². The van der Waals surface area contributed by atoms with Gasteiger partial charge in [0.05, 0.1) is 17.6 Å². The second-order valence-electron chi connectivity index (χ2n) is 4.46. The van der Waals surface area contributed by atoms with E-state index < -0.39 is 10.0 Å². The Kier molecular flexibility index (Phi) is 5.55. The van der Waals surface area contributed by atoms with Gasteiger partial charge in [-0.3, -0.25) is 9.29 Å². The van der Waals surface area contributed by atoms with Crippen molar-refractivity contribution in [3.8, 4) is 0 Å². The van der Waals surface area contributed by atoms with Crippen LogP contribution in [0, 0.1) is 0 Å². The van der Waals surface area contributed by atoms with Gasteiger partial charge in [-0.15, -0.1) is 0 Å². The molecule has 0 atom stereocenters. The monoisotopic (exact) mass is 271 g/mol. The Morgan fingerprint density at radius 1 is 1.44 bits per heavy atom. The minimum atomic E-state index is -3.26. The van der Waals surface area contributed by atoms with Gasteiger partial charge in [-0.25, -0.2) is 8.42 Å². The van der Waals surface area contributed by atoms with Crippen LogP contribution in [0.25, 0.3) is 0 Å². The molecule has 0 aliphatic rings. The summed E-state index contributed by atoms with van der Waals surface area (Å²) in [6.45, 7) is 4.78. The largest absolute Gasteiger partial charge is 0.314 e. The van der Waals surface area contributed by atoms with E-state index in [0.29, 0.717) is 24.7 Å². The number of pyridine rings is 1. The van der Waals surface area contributed by atoms with Gasteiger partial charge >= 0.3 is 0 Å². The third-order valence-corrected chi connectivity index (χ3v) is 4.41. The average molecular weight is 271 g/mol. The Morgan fingerprint density at radius 3 is 2.72 bits per heavy atom. The molecule has 0 unspecified atom stereocenters. The SMILES string of the molecule is CC(C)NCCCS(=O)(=O)N(C)c1cccnc1. The Balaban J connectivity index is 2.53. The third kappa shape index (κ3) is 4.62. The fourth-order valence-electron chi connectivity index (χ4n) is 1.48. The van der Waals surface area contributed by atoms with Crippen LogP contribution in [0.1, 0.15) is 20.3 Å². The Bertz CT molecular complexity index is 446. The summed E-state index contributed by atoms with van der Waals surface area (Å²) in [5.41, 5.74) is 0.592. The highest BCUT2D eigenvalue weighted by Gasteiger charge is 2.17. The van der Waals surface area contributed by atoms with Crippen LogP contribution in [0.4, 0.5) is 5.69 Å². The zero-order valence-electron chi connectivity index (χ0n) is 11.1. The number of aromatic nitrogens is 1. The summed E-state index contributed by atoms with van der Waals surface area (Å²) in [4.78, 5) is 3.92. The lowest BCUT2D eigenvalue weighted by atomic mass is 10.4. The zero-order valence-corrected chi connectivity index (χ0v) is 11.9. The standard InChI is InChI=1S/C12H21N3O2S/c1-11(2)14-8-5-9-18(16,17)15(3)12-6-4-7-13-10-12/h4,6-7,10-11,14H,5,8-9H2,1-3H3. The quantitative estimate of drug-likeness (QED) is 0.758. The highest BCUT2D eigenvalue weighted by Crippen LogP contribution is 2.14. The molecule has 0 bridgehead atoms. The second-order valence-corrected chi connectivity index (χ2v) is 6.58. The molecular weight excluding hydrogens is 250 g/mol. The van der Waals surface area contributed by atoms with Gasteiger partial charge in [0.1, 0.15) is 0 Å². The van der Waals surface area contributed by atoms with Crippen molar-refractivity contribution >= 4 is 15.7 Å². The van der Waals surface area contributed by atoms with Crippen LogP contribution in [0.3, 0.4) is 0 Å². The molecule has 1 rings (SSSR count). The van der Waals surface area contributed by atoms with E-state index in [1.165, 1.54) is 4.31 Å². The smallest absolute Gasteiger partial charge is 0.234 e. The van der Waals surface area contributed by atoms with Crippen LogP contribution in [0.5, 0.6) is 0 Å². The maximum atomic E-state index is 12.0. The molecule has 0 radical (unpaired) electrons. The number of hydrogen-bond acceptors (Lipinski definition) is 4. The van der Waals surface area contributed by atoms with E-state index in [1.54, 1.807) is 31.6 Å². The van der Waals surface area contributed by atoms with Crippen molar-refractivity contribution in [2.75, 3.05) is 23.7 Å². The first-order valence-electron chi connectivity index (χ1n) is 6.03. The molecule has 0 aliphatic carbocycles. The molecule has 5 nitrogen and oxygen atoms in total. The number of hydrogen-bond donors (Lipinski definition) is 1. The molecular formula is C12H21N3O2S. The normalized spacial score (nSPS) is 11.8. The number of nitrogens with zero attached hydrogens (tertiary/aromatic N) is 2. The first-order valence-corrected chi connectivity index (χ1v) is 7.64. The van der Waals surface area contributed by atoms with Crippen molar-refractivity contribution in [3.63, 3.8) is 0 Å². The van der Waals surface area contributed by atoms with Gasteiger partial charge in [0.2, 0.25) is 10.0 Å². The summed E-state index contributed by atoms with van der Waals surface area (Å²) >= 11 is 0. The average Bonchev–Trinajstić information content (AvgIpc) is 2.34. The van der Waals surface area contributed by atoms with Gasteiger partial charge in [0.15, 0.2) is 0 Å². The van der Waals surface area contributed by atoms with E-state index in [-0.39, 0.29) is 5.75 Å². The molecule has 0 aromatic carbocycles. The molecule has 1 aromatic rings. The molecule has 0 amide bonds. The summed E-state index contributed by atoms with van der Waals surface area (Å²) in [6.07, 6.45) is 3.77. The number of sulfonamides is 1. The van der Waals surface area contributed by atoms with Crippen molar-refractivity contribution in [3.05, 3.63) is 24.5 Å². The van der Waals surface area contributed by atoms with Crippen molar-refractivity contribution < 1.29 is 8.42 Å². The van der Waals surface area contributed by atoms with Crippen LogP contribution in [0.2, 0.25) is 0 Å². The van der Waals surface area contributed by atoms with E-state index in [9.17, 15) is 8.42 Å². The van der Waals surface area contributed by atoms with Gasteiger partial charge in [0, 0.05) is 19.3 Å². The van der Waals surface area contributed by atoms with E-state index >= 15 is 0 Å². The van der Waals surface area contributed by atoms with Crippen molar-refractivity contribution in [2.24, 2.45) is 0 Å². The lowest BCUT2D eigenvalue weighted by molar-refractivity contribution is 0.568. The fourth-order valence-corrected chi connectivity index (χ4v) is 2.70. The van der Waals surface area contributed by atoms with Crippen molar-refractivity contribution in [1.29, 1.82) is 0 Å². The van der Waals surface area contributed by atoms with Crippen molar-refractivity contribution in [1.82, 2.24) is 10.3 Å². The maximum Gasteiger partial charge on any atom is 0.234 e. The van der Waals surface area contributed by atoms with E-state index in [0.717, 1.165) is 0 Å². The summed E-state index contributed by atoms with van der Waals surface area (Å²) < 4.78 is 25.4. The molecule has 0 aliphatic heterocycles. The molecule has 0 spiro atoms. The lowest BCUT2D eigenvalue weighted by Gasteiger charge is -2.19. The summed E-state index contributed by atoms with van der Waals surface area (Å²) in [7, 11) is -1.70. The predicted molar refractivity (Wildman–Crippen MR) is 74.2 cm³/mol. The van der Waals surface area contributed by atoms with Gasteiger partial charge in [-0.05, 0) is 25.1 Å². The van der Waals surface area contributed by atoms with Gasteiger partial charge in [0.25, 0.3) is 0 Å². The minimum absolute atomic E-state index is 0.137. The van der Waals surface area contributed by atoms with Crippen LogP contribution in [-0.4, -0.2) is 38.8 Å². The summed E-state index contributed by atoms with van der Waals surface area (Å²) in [5, 5.41) is 3.20. The number of rotatable bonds is 7. The molecule has 0 fully saturated rings. The molecule has 1 N–H and O–H groups in total. The molecule has 18 heavy (non-hydrogen) atoms. The summed E-state index contributed by atoms with van der Waals surface area (Å²) in [5.74, 6) is 0.137. The Labute approximate surface area is 109 Å². The van der Waals surface area contributed by atoms with Crippen LogP contribution in [-0.2, 0) is 10.0 Å². The molecule has 1 aromatic heterocycles. The predicted octanol–water partition coefficient (Wildman–Crippen LogP) is 1.24. The number of anilines is 1. The lowest BCUT2D eigenvalue weighted by Crippen LogP contribution is -2.31. The molecule has 1 heterocycles. The molecule has 0 saturated heterocycles. The second kappa shape index (κ2) is 6.70. The molecule has 0 saturated carbocycles. The maximum absolute atomic E-state index is 12.0. The highest BCUT2D eigenvalue weighted by molar-refractivity contribution is 7.92. The summed E-state index contributed by atoms with van der Waals surface area (Å²) in [6, 6.07) is 3.84. The van der Waals surface area contributed by atoms with Gasteiger partial charge in [-0.1, -0.05) is 13.8 Å². The first kappa shape index (κ1) is 14.9. The van der Waals surface area contributed by atoms with E-state index in [2.05, 4.69) is 10.3 Å². The topological polar surface area (TPSA) is 62.3 Å². The van der Waals surface area contributed by atoms with Crippen LogP contribution < -0.4 is 9.62 Å². The number of nitrogens with one attached hydrogen (secondary N) is 1. The highest BCUT2D eigenvalue weighted by atomic mass is 32.2. The van der Waals surface area contributed by atoms with E-state index in [1.807, 2.05) is 13.8 Å². The van der Waals surface area contributed by atoms with Crippen LogP contribution >= 0.6 is 0 Å². The Hall–Kier alpha value is -1.14. The molecule has 6 heteroatoms. The van der Waals surface area contributed by atoms with Crippen LogP contribution in [0.15, 0.2) is 24.5 Å². The zero-order chi connectivity index (χ0) is 13.6. The first-order chi connectivity index (χ1) is 8.43. The minimum Gasteiger partial charge on any atom is -0.314 e. The molecule has 102 valence electrons. The Morgan fingerprint density at radius 2 is 2.17 bits per heavy atom. The van der Waals surface area contributed by atoms with Crippen molar-refractivity contribution in [2.45, 2.75) is 26.3 Å². The van der Waals surface area contributed by atoms with Gasteiger partial charge < -0.3 is 5.32 Å².